The molecule has 0 aliphatic carbocycles. The zero-order valence-corrected chi connectivity index (χ0v) is 10.6. The standard InChI is InChI=1S/C14H19N3/c1-12(2)16-7-9-17(10-8-16)14-6-4-3-5-13(14)11-15/h3-6,12H,7-10H2,1-2H3. The molecule has 2 rings (SSSR count). The number of rotatable bonds is 2. The number of hydrogen-bond donors (Lipinski definition) is 0. The van der Waals surface area contributed by atoms with Crippen LogP contribution in [0.15, 0.2) is 24.3 Å². The molecular formula is C14H19N3. The Morgan fingerprint density at radius 2 is 1.76 bits per heavy atom. The van der Waals surface area contributed by atoms with Gasteiger partial charge in [-0.1, -0.05) is 12.1 Å². The molecule has 0 radical (unpaired) electrons. The predicted molar refractivity (Wildman–Crippen MR) is 70.1 cm³/mol. The third-order valence-corrected chi connectivity index (χ3v) is 3.41. The van der Waals surface area contributed by atoms with E-state index in [0.717, 1.165) is 37.4 Å². The third kappa shape index (κ3) is 2.59. The van der Waals surface area contributed by atoms with E-state index in [9.17, 15) is 0 Å². The molecule has 0 unspecified atom stereocenters. The average molecular weight is 229 g/mol. The first kappa shape index (κ1) is 11.9. The van der Waals surface area contributed by atoms with Gasteiger partial charge in [-0.2, -0.15) is 5.26 Å². The van der Waals surface area contributed by atoms with E-state index in [1.165, 1.54) is 0 Å². The maximum absolute atomic E-state index is 9.10. The number of benzene rings is 1. The molecule has 3 heteroatoms. The topological polar surface area (TPSA) is 30.3 Å². The molecule has 0 atom stereocenters. The molecule has 1 aliphatic rings. The van der Waals surface area contributed by atoms with Gasteiger partial charge in [0.25, 0.3) is 0 Å². The second kappa shape index (κ2) is 5.20. The van der Waals surface area contributed by atoms with Crippen molar-refractivity contribution in [1.82, 2.24) is 4.90 Å². The molecule has 17 heavy (non-hydrogen) atoms. The van der Waals surface area contributed by atoms with Crippen LogP contribution >= 0.6 is 0 Å². The van der Waals surface area contributed by atoms with Gasteiger partial charge in [0.15, 0.2) is 0 Å². The van der Waals surface area contributed by atoms with Crippen molar-refractivity contribution in [2.24, 2.45) is 0 Å². The predicted octanol–water partition coefficient (Wildman–Crippen LogP) is 2.09. The number of nitrogens with zero attached hydrogens (tertiary/aromatic N) is 3. The Morgan fingerprint density at radius 1 is 1.12 bits per heavy atom. The summed E-state index contributed by atoms with van der Waals surface area (Å²) in [5.41, 5.74) is 1.86. The van der Waals surface area contributed by atoms with Crippen molar-refractivity contribution in [1.29, 1.82) is 5.26 Å². The number of hydrogen-bond acceptors (Lipinski definition) is 3. The van der Waals surface area contributed by atoms with Crippen LogP contribution in [0, 0.1) is 11.3 Å². The first-order valence-electron chi connectivity index (χ1n) is 6.20. The van der Waals surface area contributed by atoms with Crippen LogP contribution in [0.25, 0.3) is 0 Å². The Morgan fingerprint density at radius 3 is 2.35 bits per heavy atom. The minimum Gasteiger partial charge on any atom is -0.368 e. The first-order valence-corrected chi connectivity index (χ1v) is 6.20. The van der Waals surface area contributed by atoms with Crippen LogP contribution in [0.4, 0.5) is 5.69 Å². The van der Waals surface area contributed by atoms with Gasteiger partial charge in [-0.05, 0) is 26.0 Å². The Bertz CT molecular complexity index is 412. The smallest absolute Gasteiger partial charge is 0.101 e. The average Bonchev–Trinajstić information content (AvgIpc) is 2.39. The molecule has 0 bridgehead atoms. The summed E-state index contributed by atoms with van der Waals surface area (Å²) < 4.78 is 0. The van der Waals surface area contributed by atoms with E-state index in [1.54, 1.807) is 0 Å². The van der Waals surface area contributed by atoms with Crippen LogP contribution in [-0.2, 0) is 0 Å². The molecule has 1 saturated heterocycles. The van der Waals surface area contributed by atoms with Crippen LogP contribution in [0.1, 0.15) is 19.4 Å². The van der Waals surface area contributed by atoms with Gasteiger partial charge in [-0.25, -0.2) is 0 Å². The largest absolute Gasteiger partial charge is 0.368 e. The molecule has 1 aliphatic heterocycles. The van der Waals surface area contributed by atoms with Crippen molar-refractivity contribution in [2.45, 2.75) is 19.9 Å². The molecule has 0 amide bonds. The Balaban J connectivity index is 2.08. The van der Waals surface area contributed by atoms with Crippen LogP contribution in [0.5, 0.6) is 0 Å². The van der Waals surface area contributed by atoms with Crippen molar-refractivity contribution in [3.05, 3.63) is 29.8 Å². The molecule has 3 nitrogen and oxygen atoms in total. The fourth-order valence-electron chi connectivity index (χ4n) is 2.32. The fraction of sp³-hybridized carbons (Fsp3) is 0.500. The maximum Gasteiger partial charge on any atom is 0.101 e. The summed E-state index contributed by atoms with van der Waals surface area (Å²) in [5.74, 6) is 0. The fourth-order valence-corrected chi connectivity index (χ4v) is 2.32. The lowest BCUT2D eigenvalue weighted by Gasteiger charge is -2.38. The molecule has 90 valence electrons. The van der Waals surface area contributed by atoms with Gasteiger partial charge in [0.1, 0.15) is 6.07 Å². The van der Waals surface area contributed by atoms with Crippen LogP contribution in [-0.4, -0.2) is 37.1 Å². The van der Waals surface area contributed by atoms with Gasteiger partial charge >= 0.3 is 0 Å². The normalized spacial score (nSPS) is 17.2. The van der Waals surface area contributed by atoms with Gasteiger partial charge in [-0.15, -0.1) is 0 Å². The number of anilines is 1. The molecule has 0 aromatic heterocycles. The highest BCUT2D eigenvalue weighted by molar-refractivity contribution is 5.59. The monoisotopic (exact) mass is 229 g/mol. The van der Waals surface area contributed by atoms with Crippen molar-refractivity contribution >= 4 is 5.69 Å². The summed E-state index contributed by atoms with van der Waals surface area (Å²) in [6, 6.07) is 10.8. The molecule has 0 spiro atoms. The minimum atomic E-state index is 0.614. The second-order valence-electron chi connectivity index (χ2n) is 4.75. The number of piperazine rings is 1. The summed E-state index contributed by atoms with van der Waals surface area (Å²) in [6.45, 7) is 8.65. The third-order valence-electron chi connectivity index (χ3n) is 3.41. The number of nitriles is 1. The van der Waals surface area contributed by atoms with E-state index in [0.29, 0.717) is 6.04 Å². The van der Waals surface area contributed by atoms with E-state index >= 15 is 0 Å². The van der Waals surface area contributed by atoms with E-state index in [2.05, 4.69) is 29.7 Å². The van der Waals surface area contributed by atoms with Crippen LogP contribution in [0.2, 0.25) is 0 Å². The van der Waals surface area contributed by atoms with Crippen LogP contribution in [0.3, 0.4) is 0 Å². The zero-order chi connectivity index (χ0) is 12.3. The maximum atomic E-state index is 9.10. The van der Waals surface area contributed by atoms with Gasteiger partial charge in [0.2, 0.25) is 0 Å². The SMILES string of the molecule is CC(C)N1CCN(c2ccccc2C#N)CC1. The minimum absolute atomic E-state index is 0.614. The highest BCUT2D eigenvalue weighted by Crippen LogP contribution is 2.21. The van der Waals surface area contributed by atoms with Gasteiger partial charge in [0.05, 0.1) is 11.3 Å². The van der Waals surface area contributed by atoms with Crippen LogP contribution < -0.4 is 4.90 Å². The lowest BCUT2D eigenvalue weighted by molar-refractivity contribution is 0.209. The summed E-state index contributed by atoms with van der Waals surface area (Å²) in [5, 5.41) is 9.10. The highest BCUT2D eigenvalue weighted by Gasteiger charge is 2.20. The summed E-state index contributed by atoms with van der Waals surface area (Å²) in [4.78, 5) is 4.79. The Labute approximate surface area is 103 Å². The lowest BCUT2D eigenvalue weighted by Crippen LogP contribution is -2.49. The molecule has 0 saturated carbocycles. The second-order valence-corrected chi connectivity index (χ2v) is 4.75. The quantitative estimate of drug-likeness (QED) is 0.778. The molecule has 1 fully saturated rings. The van der Waals surface area contributed by atoms with Crippen molar-refractivity contribution in [3.63, 3.8) is 0 Å². The van der Waals surface area contributed by atoms with Crippen molar-refractivity contribution in [2.75, 3.05) is 31.1 Å². The highest BCUT2D eigenvalue weighted by atomic mass is 15.3. The van der Waals surface area contributed by atoms with E-state index in [1.807, 2.05) is 24.3 Å². The zero-order valence-electron chi connectivity index (χ0n) is 10.6. The Hall–Kier alpha value is -1.53. The van der Waals surface area contributed by atoms with E-state index in [4.69, 9.17) is 5.26 Å². The first-order chi connectivity index (χ1) is 8.22. The van der Waals surface area contributed by atoms with Gasteiger partial charge in [-0.3, -0.25) is 4.90 Å². The molecule has 0 N–H and O–H groups in total. The summed E-state index contributed by atoms with van der Waals surface area (Å²) >= 11 is 0. The molecule has 1 aromatic carbocycles. The van der Waals surface area contributed by atoms with Crippen molar-refractivity contribution in [3.8, 4) is 6.07 Å². The van der Waals surface area contributed by atoms with E-state index < -0.39 is 0 Å². The van der Waals surface area contributed by atoms with E-state index in [-0.39, 0.29) is 0 Å². The van der Waals surface area contributed by atoms with Crippen molar-refractivity contribution < 1.29 is 0 Å². The summed E-state index contributed by atoms with van der Waals surface area (Å²) in [7, 11) is 0. The Kier molecular flexibility index (Phi) is 3.65. The summed E-state index contributed by atoms with van der Waals surface area (Å²) in [6.07, 6.45) is 0. The molecule has 1 heterocycles. The molecule has 1 aromatic rings. The van der Waals surface area contributed by atoms with Gasteiger partial charge in [0, 0.05) is 32.2 Å². The number of para-hydroxylation sites is 1. The molecular weight excluding hydrogens is 210 g/mol. The lowest BCUT2D eigenvalue weighted by atomic mass is 10.1. The van der Waals surface area contributed by atoms with Gasteiger partial charge < -0.3 is 4.90 Å².